The van der Waals surface area contributed by atoms with Crippen LogP contribution in [0.25, 0.3) is 0 Å². The molecule has 2 heterocycles. The van der Waals surface area contributed by atoms with Crippen LogP contribution in [0.4, 0.5) is 0 Å². The summed E-state index contributed by atoms with van der Waals surface area (Å²) in [5.74, 6) is 1.61. The van der Waals surface area contributed by atoms with Crippen molar-refractivity contribution in [3.05, 3.63) is 64.2 Å². The molecule has 0 bridgehead atoms. The molecule has 2 aromatic rings. The topological polar surface area (TPSA) is 79.2 Å². The van der Waals surface area contributed by atoms with Crippen LogP contribution in [0.3, 0.4) is 0 Å². The third-order valence-electron chi connectivity index (χ3n) is 6.93. The fourth-order valence-electron chi connectivity index (χ4n) is 4.97. The number of ether oxygens (including phenoxy) is 2. The molecule has 1 saturated heterocycles. The van der Waals surface area contributed by atoms with Crippen LogP contribution in [0, 0.1) is 0 Å². The first-order chi connectivity index (χ1) is 15.5. The van der Waals surface area contributed by atoms with Crippen molar-refractivity contribution in [1.29, 1.82) is 0 Å². The molecular weight excluding hydrogens is 424 g/mol. The minimum Gasteiger partial charge on any atom is -0.493 e. The number of rotatable bonds is 5. The van der Waals surface area contributed by atoms with E-state index in [2.05, 4.69) is 30.3 Å². The Kier molecular flexibility index (Phi) is 6.50. The molecule has 1 aliphatic carbocycles. The van der Waals surface area contributed by atoms with E-state index in [0.29, 0.717) is 5.92 Å². The number of aliphatic hydroxyl groups is 3. The first kappa shape index (κ1) is 22.2. The zero-order chi connectivity index (χ0) is 22.2. The molecule has 32 heavy (non-hydrogen) atoms. The van der Waals surface area contributed by atoms with Crippen LogP contribution in [0.2, 0.25) is 0 Å². The lowest BCUT2D eigenvalue weighted by Crippen LogP contribution is -2.52. The molecule has 3 aliphatic rings. The zero-order valence-electron chi connectivity index (χ0n) is 18.4. The van der Waals surface area contributed by atoms with E-state index >= 15 is 0 Å². The van der Waals surface area contributed by atoms with E-state index in [9.17, 15) is 15.3 Å². The summed E-state index contributed by atoms with van der Waals surface area (Å²) in [6.07, 6.45) is 4.20. The van der Waals surface area contributed by atoms with E-state index in [4.69, 9.17) is 9.47 Å². The summed E-state index contributed by atoms with van der Waals surface area (Å²) >= 11 is 1.34. The van der Waals surface area contributed by atoms with Crippen LogP contribution in [0.15, 0.2) is 36.4 Å². The van der Waals surface area contributed by atoms with E-state index in [1.807, 2.05) is 12.3 Å². The third-order valence-corrected chi connectivity index (χ3v) is 7.79. The number of thioether (sulfide) groups is 1. The standard InChI is InChI=1S/C26H32O5S/c1-32-26-24(29)22(27)23(28)25(31-26)18-8-9-20(16-6-7-16)19(14-18)13-15-5-10-21-17(12-15)4-2-3-11-30-21/h5,8-10,12,14,16,22-29H,2-4,6-7,11,13H2,1H3. The maximum absolute atomic E-state index is 10.6. The highest BCUT2D eigenvalue weighted by molar-refractivity contribution is 7.99. The van der Waals surface area contributed by atoms with Crippen molar-refractivity contribution in [1.82, 2.24) is 0 Å². The van der Waals surface area contributed by atoms with Gasteiger partial charge in [-0.25, -0.2) is 0 Å². The highest BCUT2D eigenvalue weighted by Crippen LogP contribution is 2.44. The summed E-state index contributed by atoms with van der Waals surface area (Å²) in [5.41, 5.74) is 5.43. The zero-order valence-corrected chi connectivity index (χ0v) is 19.3. The second-order valence-electron chi connectivity index (χ2n) is 9.29. The average Bonchev–Trinajstić information content (AvgIpc) is 3.65. The van der Waals surface area contributed by atoms with Crippen molar-refractivity contribution in [2.24, 2.45) is 0 Å². The molecule has 5 nitrogen and oxygen atoms in total. The quantitative estimate of drug-likeness (QED) is 0.637. The Morgan fingerprint density at radius 1 is 0.969 bits per heavy atom. The maximum atomic E-state index is 10.6. The van der Waals surface area contributed by atoms with Gasteiger partial charge in [-0.2, -0.15) is 0 Å². The van der Waals surface area contributed by atoms with Crippen LogP contribution in [0.1, 0.15) is 65.5 Å². The molecule has 172 valence electrons. The lowest BCUT2D eigenvalue weighted by atomic mass is 9.89. The number of hydrogen-bond acceptors (Lipinski definition) is 6. The number of aryl methyl sites for hydroxylation is 1. The molecule has 2 fully saturated rings. The summed E-state index contributed by atoms with van der Waals surface area (Å²) in [5, 5.41) is 31.2. The predicted molar refractivity (Wildman–Crippen MR) is 125 cm³/mol. The number of aliphatic hydroxyl groups excluding tert-OH is 3. The van der Waals surface area contributed by atoms with Gasteiger partial charge in [0, 0.05) is 0 Å². The van der Waals surface area contributed by atoms with Gasteiger partial charge in [-0.1, -0.05) is 30.3 Å². The van der Waals surface area contributed by atoms with E-state index in [1.54, 1.807) is 0 Å². The maximum Gasteiger partial charge on any atom is 0.132 e. The minimum atomic E-state index is -1.23. The molecule has 2 aromatic carbocycles. The SMILES string of the molecule is CSC1OC(c2ccc(C3CC3)c(Cc3ccc4c(c3)CCCCO4)c2)C(O)C(O)C1O. The lowest BCUT2D eigenvalue weighted by molar-refractivity contribution is -0.200. The van der Waals surface area contributed by atoms with Gasteiger partial charge in [-0.15, -0.1) is 11.8 Å². The molecule has 0 radical (unpaired) electrons. The van der Waals surface area contributed by atoms with Crippen LogP contribution in [0.5, 0.6) is 5.75 Å². The Morgan fingerprint density at radius 2 is 1.81 bits per heavy atom. The lowest BCUT2D eigenvalue weighted by Gasteiger charge is -2.40. The smallest absolute Gasteiger partial charge is 0.132 e. The predicted octanol–water partition coefficient (Wildman–Crippen LogP) is 3.71. The molecule has 0 spiro atoms. The van der Waals surface area contributed by atoms with Crippen molar-refractivity contribution in [2.75, 3.05) is 12.9 Å². The van der Waals surface area contributed by atoms with E-state index < -0.39 is 29.9 Å². The Labute approximate surface area is 193 Å². The summed E-state index contributed by atoms with van der Waals surface area (Å²) in [6, 6.07) is 12.8. The fraction of sp³-hybridized carbons (Fsp3) is 0.538. The van der Waals surface area contributed by atoms with E-state index in [-0.39, 0.29) is 0 Å². The Balaban J connectivity index is 1.45. The molecule has 3 N–H and O–H groups in total. The Hall–Kier alpha value is -1.57. The summed E-state index contributed by atoms with van der Waals surface area (Å²) in [6.45, 7) is 0.793. The second-order valence-corrected chi connectivity index (χ2v) is 10.2. The fourth-order valence-corrected chi connectivity index (χ4v) is 5.64. The van der Waals surface area contributed by atoms with Crippen LogP contribution >= 0.6 is 11.8 Å². The number of fused-ring (bicyclic) bond motifs is 1. The highest BCUT2D eigenvalue weighted by Gasteiger charge is 2.44. The third kappa shape index (κ3) is 4.44. The van der Waals surface area contributed by atoms with E-state index in [1.165, 1.54) is 46.9 Å². The minimum absolute atomic E-state index is 0.575. The van der Waals surface area contributed by atoms with Gasteiger partial charge in [-0.3, -0.25) is 0 Å². The van der Waals surface area contributed by atoms with Crippen molar-refractivity contribution in [2.45, 2.75) is 74.3 Å². The van der Waals surface area contributed by atoms with Crippen molar-refractivity contribution in [3.8, 4) is 5.75 Å². The van der Waals surface area contributed by atoms with Gasteiger partial charge in [0.25, 0.3) is 0 Å². The van der Waals surface area contributed by atoms with Gasteiger partial charge < -0.3 is 24.8 Å². The van der Waals surface area contributed by atoms with E-state index in [0.717, 1.165) is 43.6 Å². The average molecular weight is 457 g/mol. The molecule has 1 saturated carbocycles. The van der Waals surface area contributed by atoms with Gasteiger partial charge in [0.2, 0.25) is 0 Å². The first-order valence-electron chi connectivity index (χ1n) is 11.6. The summed E-state index contributed by atoms with van der Waals surface area (Å²) in [7, 11) is 0. The molecule has 0 amide bonds. The molecule has 5 atom stereocenters. The van der Waals surface area contributed by atoms with Gasteiger partial charge in [0.05, 0.1) is 6.61 Å². The molecule has 5 unspecified atom stereocenters. The number of benzene rings is 2. The van der Waals surface area contributed by atoms with Crippen LogP contribution in [-0.2, 0) is 17.6 Å². The molecule has 5 rings (SSSR count). The number of hydrogen-bond donors (Lipinski definition) is 3. The van der Waals surface area contributed by atoms with Gasteiger partial charge in [0.15, 0.2) is 0 Å². The van der Waals surface area contributed by atoms with Crippen molar-refractivity contribution in [3.63, 3.8) is 0 Å². The molecular formula is C26H32O5S. The van der Waals surface area contributed by atoms with Crippen LogP contribution < -0.4 is 4.74 Å². The van der Waals surface area contributed by atoms with Crippen LogP contribution in [-0.4, -0.2) is 51.9 Å². The Morgan fingerprint density at radius 3 is 2.59 bits per heavy atom. The second kappa shape index (κ2) is 9.35. The summed E-state index contributed by atoms with van der Waals surface area (Å²) < 4.78 is 11.9. The monoisotopic (exact) mass is 456 g/mol. The van der Waals surface area contributed by atoms with Crippen molar-refractivity contribution >= 4 is 11.8 Å². The molecule has 6 heteroatoms. The van der Waals surface area contributed by atoms with Gasteiger partial charge in [-0.05, 0) is 84.6 Å². The van der Waals surface area contributed by atoms with Gasteiger partial charge >= 0.3 is 0 Å². The van der Waals surface area contributed by atoms with Crippen molar-refractivity contribution < 1.29 is 24.8 Å². The van der Waals surface area contributed by atoms with Gasteiger partial charge in [0.1, 0.15) is 35.6 Å². The Bertz CT molecular complexity index is 957. The highest BCUT2D eigenvalue weighted by atomic mass is 32.2. The molecule has 2 aliphatic heterocycles. The first-order valence-corrected chi connectivity index (χ1v) is 12.9. The largest absolute Gasteiger partial charge is 0.493 e. The summed E-state index contributed by atoms with van der Waals surface area (Å²) in [4.78, 5) is 0. The molecule has 0 aromatic heterocycles. The normalized spacial score (nSPS) is 30.3.